The Morgan fingerprint density at radius 1 is 1.37 bits per heavy atom. The van der Waals surface area contributed by atoms with Gasteiger partial charge in [-0.15, -0.1) is 0 Å². The van der Waals surface area contributed by atoms with Crippen molar-refractivity contribution in [3.05, 3.63) is 42.4 Å². The third-order valence-corrected chi connectivity index (χ3v) is 2.59. The maximum atomic E-state index is 11.1. The fraction of sp³-hybridized carbons (Fsp3) is 0.214. The molecule has 5 heteroatoms. The lowest BCUT2D eigenvalue weighted by molar-refractivity contribution is -0.114. The maximum Gasteiger partial charge on any atom is 0.221 e. The lowest BCUT2D eigenvalue weighted by atomic mass is 10.2. The van der Waals surface area contributed by atoms with Crippen LogP contribution in [0, 0.1) is 0 Å². The van der Waals surface area contributed by atoms with Gasteiger partial charge in [-0.1, -0.05) is 0 Å². The number of furan rings is 1. The van der Waals surface area contributed by atoms with Crippen molar-refractivity contribution < 1.29 is 13.9 Å². The number of carbonyl (C=O) groups excluding carboxylic acids is 1. The molecule has 1 aromatic carbocycles. The summed E-state index contributed by atoms with van der Waals surface area (Å²) in [7, 11) is 1.57. The summed E-state index contributed by atoms with van der Waals surface area (Å²) in [6.45, 7) is 2.13. The standard InChI is InChI=1S/C14H16N2O3/c1-10(17)16-13-4-3-12(7-14(13)18-2)15-8-11-5-6-19-9-11/h3-7,9,15H,8H2,1-2H3,(H,16,17). The highest BCUT2D eigenvalue weighted by Gasteiger charge is 2.06. The molecule has 1 amide bonds. The van der Waals surface area contributed by atoms with E-state index in [0.29, 0.717) is 18.0 Å². The fourth-order valence-electron chi connectivity index (χ4n) is 1.69. The van der Waals surface area contributed by atoms with Crippen molar-refractivity contribution in [2.45, 2.75) is 13.5 Å². The van der Waals surface area contributed by atoms with Crippen LogP contribution < -0.4 is 15.4 Å². The minimum Gasteiger partial charge on any atom is -0.494 e. The zero-order chi connectivity index (χ0) is 13.7. The summed E-state index contributed by atoms with van der Waals surface area (Å²) in [6, 6.07) is 7.42. The van der Waals surface area contributed by atoms with Crippen molar-refractivity contribution in [3.8, 4) is 5.75 Å². The Labute approximate surface area is 111 Å². The van der Waals surface area contributed by atoms with Crippen molar-refractivity contribution in [2.75, 3.05) is 17.7 Å². The van der Waals surface area contributed by atoms with Gasteiger partial charge in [-0.25, -0.2) is 0 Å². The van der Waals surface area contributed by atoms with Crippen LogP contribution in [0.5, 0.6) is 5.75 Å². The molecule has 0 aliphatic carbocycles. The van der Waals surface area contributed by atoms with Gasteiger partial charge in [0, 0.05) is 30.8 Å². The number of hydrogen-bond acceptors (Lipinski definition) is 4. The molecule has 100 valence electrons. The topological polar surface area (TPSA) is 63.5 Å². The van der Waals surface area contributed by atoms with E-state index in [2.05, 4.69) is 10.6 Å². The van der Waals surface area contributed by atoms with Crippen LogP contribution in [0.1, 0.15) is 12.5 Å². The average Bonchev–Trinajstić information content (AvgIpc) is 2.90. The van der Waals surface area contributed by atoms with Crippen LogP contribution in [-0.4, -0.2) is 13.0 Å². The van der Waals surface area contributed by atoms with E-state index in [1.54, 1.807) is 25.7 Å². The molecular weight excluding hydrogens is 244 g/mol. The Morgan fingerprint density at radius 2 is 2.21 bits per heavy atom. The number of benzene rings is 1. The number of amides is 1. The molecule has 2 aromatic rings. The number of hydrogen-bond donors (Lipinski definition) is 2. The average molecular weight is 260 g/mol. The molecule has 0 fully saturated rings. The molecule has 1 aromatic heterocycles. The molecule has 2 rings (SSSR count). The van der Waals surface area contributed by atoms with Crippen molar-refractivity contribution in [1.82, 2.24) is 0 Å². The highest BCUT2D eigenvalue weighted by atomic mass is 16.5. The summed E-state index contributed by atoms with van der Waals surface area (Å²) in [6.07, 6.45) is 3.33. The zero-order valence-corrected chi connectivity index (χ0v) is 10.9. The van der Waals surface area contributed by atoms with E-state index in [9.17, 15) is 4.79 Å². The quantitative estimate of drug-likeness (QED) is 0.867. The van der Waals surface area contributed by atoms with Crippen LogP contribution in [0.3, 0.4) is 0 Å². The van der Waals surface area contributed by atoms with Gasteiger partial charge < -0.3 is 19.8 Å². The second-order valence-electron chi connectivity index (χ2n) is 4.08. The van der Waals surface area contributed by atoms with E-state index in [-0.39, 0.29) is 5.91 Å². The Bertz CT molecular complexity index is 550. The smallest absolute Gasteiger partial charge is 0.221 e. The molecule has 0 atom stereocenters. The first-order valence-electron chi connectivity index (χ1n) is 5.89. The molecule has 2 N–H and O–H groups in total. The highest BCUT2D eigenvalue weighted by molar-refractivity contribution is 5.90. The number of anilines is 2. The van der Waals surface area contributed by atoms with Gasteiger partial charge in [-0.3, -0.25) is 4.79 Å². The summed E-state index contributed by atoms with van der Waals surface area (Å²) < 4.78 is 10.2. The van der Waals surface area contributed by atoms with Crippen molar-refractivity contribution in [1.29, 1.82) is 0 Å². The number of carbonyl (C=O) groups is 1. The van der Waals surface area contributed by atoms with E-state index in [1.807, 2.05) is 18.2 Å². The fourth-order valence-corrected chi connectivity index (χ4v) is 1.69. The molecule has 0 saturated heterocycles. The normalized spacial score (nSPS) is 10.0. The number of rotatable bonds is 5. The largest absolute Gasteiger partial charge is 0.494 e. The van der Waals surface area contributed by atoms with Gasteiger partial charge >= 0.3 is 0 Å². The molecule has 5 nitrogen and oxygen atoms in total. The van der Waals surface area contributed by atoms with Gasteiger partial charge in [-0.2, -0.15) is 0 Å². The molecule has 0 radical (unpaired) electrons. The molecular formula is C14H16N2O3. The Morgan fingerprint density at radius 3 is 2.84 bits per heavy atom. The second-order valence-corrected chi connectivity index (χ2v) is 4.08. The van der Waals surface area contributed by atoms with Crippen LogP contribution >= 0.6 is 0 Å². The van der Waals surface area contributed by atoms with Gasteiger partial charge in [0.25, 0.3) is 0 Å². The van der Waals surface area contributed by atoms with Crippen LogP contribution in [-0.2, 0) is 11.3 Å². The van der Waals surface area contributed by atoms with E-state index < -0.39 is 0 Å². The summed E-state index contributed by atoms with van der Waals surface area (Å²) in [5.41, 5.74) is 2.63. The van der Waals surface area contributed by atoms with Gasteiger partial charge in [0.05, 0.1) is 25.3 Å². The third kappa shape index (κ3) is 3.51. The van der Waals surface area contributed by atoms with E-state index in [0.717, 1.165) is 11.3 Å². The van der Waals surface area contributed by atoms with Gasteiger partial charge in [0.15, 0.2) is 0 Å². The summed E-state index contributed by atoms with van der Waals surface area (Å²) >= 11 is 0. The molecule has 0 aliphatic heterocycles. The Kier molecular flexibility index (Phi) is 4.07. The lowest BCUT2D eigenvalue weighted by Crippen LogP contribution is -2.07. The van der Waals surface area contributed by atoms with E-state index in [1.165, 1.54) is 6.92 Å². The minimum absolute atomic E-state index is 0.127. The molecule has 0 aliphatic rings. The second kappa shape index (κ2) is 5.95. The van der Waals surface area contributed by atoms with Gasteiger partial charge in [0.2, 0.25) is 5.91 Å². The SMILES string of the molecule is COc1cc(NCc2ccoc2)ccc1NC(C)=O. The summed E-state index contributed by atoms with van der Waals surface area (Å²) in [4.78, 5) is 11.1. The predicted molar refractivity (Wildman–Crippen MR) is 73.3 cm³/mol. The Hall–Kier alpha value is -2.43. The molecule has 0 spiro atoms. The van der Waals surface area contributed by atoms with Crippen molar-refractivity contribution in [2.24, 2.45) is 0 Å². The van der Waals surface area contributed by atoms with E-state index >= 15 is 0 Å². The van der Waals surface area contributed by atoms with E-state index in [4.69, 9.17) is 9.15 Å². The first-order chi connectivity index (χ1) is 9.19. The third-order valence-electron chi connectivity index (χ3n) is 2.59. The molecule has 0 unspecified atom stereocenters. The monoisotopic (exact) mass is 260 g/mol. The van der Waals surface area contributed by atoms with Crippen LogP contribution in [0.2, 0.25) is 0 Å². The minimum atomic E-state index is -0.127. The van der Waals surface area contributed by atoms with Gasteiger partial charge in [-0.05, 0) is 18.2 Å². The number of ether oxygens (including phenoxy) is 1. The Balaban J connectivity index is 2.07. The molecule has 0 saturated carbocycles. The van der Waals surface area contributed by atoms with Crippen molar-refractivity contribution >= 4 is 17.3 Å². The summed E-state index contributed by atoms with van der Waals surface area (Å²) in [5.74, 6) is 0.491. The van der Waals surface area contributed by atoms with Crippen LogP contribution in [0.15, 0.2) is 41.2 Å². The van der Waals surface area contributed by atoms with Crippen molar-refractivity contribution in [3.63, 3.8) is 0 Å². The zero-order valence-electron chi connectivity index (χ0n) is 10.9. The lowest BCUT2D eigenvalue weighted by Gasteiger charge is -2.12. The van der Waals surface area contributed by atoms with Crippen LogP contribution in [0.25, 0.3) is 0 Å². The molecule has 19 heavy (non-hydrogen) atoms. The summed E-state index contributed by atoms with van der Waals surface area (Å²) in [5, 5.41) is 5.96. The van der Waals surface area contributed by atoms with Gasteiger partial charge in [0.1, 0.15) is 5.75 Å². The number of methoxy groups -OCH3 is 1. The molecule has 1 heterocycles. The number of nitrogens with one attached hydrogen (secondary N) is 2. The highest BCUT2D eigenvalue weighted by Crippen LogP contribution is 2.28. The van der Waals surface area contributed by atoms with Crippen LogP contribution in [0.4, 0.5) is 11.4 Å². The first-order valence-corrected chi connectivity index (χ1v) is 5.89. The predicted octanol–water partition coefficient (Wildman–Crippen LogP) is 2.86. The maximum absolute atomic E-state index is 11.1. The first kappa shape index (κ1) is 13.0. The molecule has 0 bridgehead atoms.